The average molecular weight is 631 g/mol. The Hall–Kier alpha value is -5.28. The second-order valence-corrected chi connectivity index (χ2v) is 10.5. The van der Waals surface area contributed by atoms with Gasteiger partial charge >= 0.3 is 18.1 Å². The number of carbonyl (C=O) groups is 8. The number of nitrogens with one attached hydrogen (secondary N) is 4. The molecule has 16 heteroatoms. The van der Waals surface area contributed by atoms with Gasteiger partial charge in [0.2, 0.25) is 11.8 Å². The number of aliphatic carboxylic acids is 1. The molecule has 1 aliphatic heterocycles. The molecule has 1 aliphatic rings. The Kier molecular flexibility index (Phi) is 14.2. The van der Waals surface area contributed by atoms with E-state index in [2.05, 4.69) is 21.3 Å². The van der Waals surface area contributed by atoms with Gasteiger partial charge in [-0.3, -0.25) is 33.7 Å². The van der Waals surface area contributed by atoms with Gasteiger partial charge in [-0.15, -0.1) is 0 Å². The number of alkyl carbamates (subject to hydrolysis) is 1. The summed E-state index contributed by atoms with van der Waals surface area (Å²) >= 11 is 0. The Bertz CT molecular complexity index is 1290. The second kappa shape index (κ2) is 17.7. The van der Waals surface area contributed by atoms with Crippen molar-refractivity contribution >= 4 is 53.2 Å². The van der Waals surface area contributed by atoms with Gasteiger partial charge in [0, 0.05) is 49.7 Å². The molecule has 2 rings (SSSR count). The number of carboxylic acids is 1. The summed E-state index contributed by atoms with van der Waals surface area (Å²) in [7, 11) is 0. The molecule has 1 aromatic rings. The van der Waals surface area contributed by atoms with Crippen molar-refractivity contribution in [2.75, 3.05) is 25.0 Å². The lowest BCUT2D eigenvalue weighted by Gasteiger charge is -2.24. The minimum absolute atomic E-state index is 0.143. The number of Topliss-reactive ketones (excluding diaryl/α,β-unsaturated/α-hetero) is 1. The van der Waals surface area contributed by atoms with Crippen molar-refractivity contribution in [2.24, 2.45) is 17.6 Å². The zero-order valence-corrected chi connectivity index (χ0v) is 25.0. The molecule has 2 atom stereocenters. The van der Waals surface area contributed by atoms with Gasteiger partial charge in [-0.05, 0) is 36.5 Å². The summed E-state index contributed by atoms with van der Waals surface area (Å²) < 4.78 is 4.93. The van der Waals surface area contributed by atoms with Crippen LogP contribution >= 0.6 is 0 Å². The van der Waals surface area contributed by atoms with E-state index in [1.807, 2.05) is 0 Å². The predicted molar refractivity (Wildman–Crippen MR) is 158 cm³/mol. The number of imide groups is 1. The summed E-state index contributed by atoms with van der Waals surface area (Å²) in [4.78, 5) is 96.7. The van der Waals surface area contributed by atoms with E-state index < -0.39 is 66.0 Å². The molecule has 7 N–H and O–H groups in total. The average Bonchev–Trinajstić information content (AvgIpc) is 3.30. The molecule has 0 aromatic heterocycles. The molecule has 0 fully saturated rings. The molecule has 0 bridgehead atoms. The molecule has 0 saturated carbocycles. The summed E-state index contributed by atoms with van der Waals surface area (Å²) in [5, 5.41) is 18.5. The molecule has 244 valence electrons. The van der Waals surface area contributed by atoms with Gasteiger partial charge in [0.1, 0.15) is 13.2 Å². The van der Waals surface area contributed by atoms with Crippen LogP contribution in [-0.4, -0.2) is 83.2 Å². The first kappa shape index (κ1) is 35.9. The number of hydrogen-bond donors (Lipinski definition) is 6. The van der Waals surface area contributed by atoms with Crippen LogP contribution in [-0.2, 0) is 40.1 Å². The molecule has 45 heavy (non-hydrogen) atoms. The Morgan fingerprint density at radius 1 is 0.978 bits per heavy atom. The van der Waals surface area contributed by atoms with Crippen LogP contribution in [0.4, 0.5) is 15.3 Å². The van der Waals surface area contributed by atoms with E-state index >= 15 is 0 Å². The maximum absolute atomic E-state index is 13.4. The maximum Gasteiger partial charge on any atom is 0.407 e. The largest absolute Gasteiger partial charge is 0.480 e. The van der Waals surface area contributed by atoms with Gasteiger partial charge in [-0.25, -0.2) is 9.59 Å². The van der Waals surface area contributed by atoms with Crippen LogP contribution in [0.15, 0.2) is 36.4 Å². The SMILES string of the molecule is CC(C)[C@H](NC(=O)CCN1C(=O)C=CC1=O)C(=O)C[C@@H](CCCNC(N)=O)C(=O)Nc1ccc(COC(=O)NCC(=O)O)cc1. The fraction of sp³-hybridized carbons (Fsp3) is 0.448. The van der Waals surface area contributed by atoms with Crippen LogP contribution in [0, 0.1) is 11.8 Å². The van der Waals surface area contributed by atoms with Crippen LogP contribution in [0.3, 0.4) is 0 Å². The van der Waals surface area contributed by atoms with E-state index in [-0.39, 0.29) is 44.9 Å². The molecule has 16 nitrogen and oxygen atoms in total. The second-order valence-electron chi connectivity index (χ2n) is 10.5. The lowest BCUT2D eigenvalue weighted by molar-refractivity contribution is -0.138. The van der Waals surface area contributed by atoms with Crippen molar-refractivity contribution in [1.29, 1.82) is 0 Å². The summed E-state index contributed by atoms with van der Waals surface area (Å²) in [6.07, 6.45) is 1.43. The molecule has 0 aliphatic carbocycles. The van der Waals surface area contributed by atoms with Crippen molar-refractivity contribution in [2.45, 2.75) is 52.2 Å². The topological polar surface area (TPSA) is 243 Å². The number of amides is 7. The monoisotopic (exact) mass is 630 g/mol. The normalized spacial score (nSPS) is 13.6. The Morgan fingerprint density at radius 3 is 2.20 bits per heavy atom. The summed E-state index contributed by atoms with van der Waals surface area (Å²) in [6, 6.07) is 4.61. The third-order valence-electron chi connectivity index (χ3n) is 6.62. The van der Waals surface area contributed by atoms with Crippen molar-refractivity contribution in [3.63, 3.8) is 0 Å². The minimum atomic E-state index is -1.22. The lowest BCUT2D eigenvalue weighted by atomic mass is 9.89. The van der Waals surface area contributed by atoms with E-state index in [4.69, 9.17) is 15.6 Å². The highest BCUT2D eigenvalue weighted by atomic mass is 16.5. The van der Waals surface area contributed by atoms with Crippen LogP contribution < -0.4 is 27.0 Å². The number of urea groups is 1. The number of carbonyl (C=O) groups excluding carboxylic acids is 7. The van der Waals surface area contributed by atoms with Crippen LogP contribution in [0.5, 0.6) is 0 Å². The van der Waals surface area contributed by atoms with Gasteiger partial charge in [-0.1, -0.05) is 26.0 Å². The number of benzene rings is 1. The van der Waals surface area contributed by atoms with Crippen molar-refractivity contribution in [3.8, 4) is 0 Å². The summed E-state index contributed by atoms with van der Waals surface area (Å²) in [6.45, 7) is 2.76. The lowest BCUT2D eigenvalue weighted by Crippen LogP contribution is -2.46. The third kappa shape index (κ3) is 12.9. The third-order valence-corrected chi connectivity index (χ3v) is 6.62. The molecule has 1 heterocycles. The fourth-order valence-corrected chi connectivity index (χ4v) is 4.26. The number of carboxylic acid groups (broad SMARTS) is 1. The number of nitrogens with zero attached hydrogens (tertiary/aromatic N) is 1. The van der Waals surface area contributed by atoms with Gasteiger partial charge in [-0.2, -0.15) is 0 Å². The standard InChI is InChI=1S/C29H38N6O10/c1-17(2)26(34-22(37)11-13-35-23(38)9-10-24(35)39)21(36)14-19(4-3-12-31-28(30)43)27(42)33-20-7-5-18(6-8-20)16-45-29(44)32-15-25(40)41/h5-10,17,19,26H,3-4,11-16H2,1-2H3,(H,32,44)(H,33,42)(H,34,37)(H,40,41)(H3,30,31,43)/t19-,26+/m1/s1. The first-order valence-corrected chi connectivity index (χ1v) is 14.2. The molecule has 7 amide bonds. The number of anilines is 1. The highest BCUT2D eigenvalue weighted by Gasteiger charge is 2.30. The number of hydrogen-bond acceptors (Lipinski definition) is 9. The van der Waals surface area contributed by atoms with Crippen molar-refractivity contribution in [1.82, 2.24) is 20.9 Å². The molecular weight excluding hydrogens is 592 g/mol. The first-order valence-electron chi connectivity index (χ1n) is 14.2. The number of rotatable bonds is 18. The molecule has 0 radical (unpaired) electrons. The quantitative estimate of drug-likeness (QED) is 0.0964. The Morgan fingerprint density at radius 2 is 1.62 bits per heavy atom. The van der Waals surface area contributed by atoms with Gasteiger partial charge < -0.3 is 36.8 Å². The first-order chi connectivity index (χ1) is 21.3. The number of ether oxygens (including phenoxy) is 1. The highest BCUT2D eigenvalue weighted by Crippen LogP contribution is 2.19. The predicted octanol–water partition coefficient (Wildman–Crippen LogP) is 0.416. The maximum atomic E-state index is 13.4. The number of primary amides is 1. The molecule has 0 unspecified atom stereocenters. The minimum Gasteiger partial charge on any atom is -0.480 e. The zero-order chi connectivity index (χ0) is 33.5. The van der Waals surface area contributed by atoms with Gasteiger partial charge in [0.05, 0.1) is 6.04 Å². The summed E-state index contributed by atoms with van der Waals surface area (Å²) in [5.41, 5.74) is 6.06. The van der Waals surface area contributed by atoms with E-state index in [0.717, 1.165) is 17.1 Å². The highest BCUT2D eigenvalue weighted by molar-refractivity contribution is 6.13. The van der Waals surface area contributed by atoms with E-state index in [9.17, 15) is 38.4 Å². The Labute approximate surface area is 259 Å². The van der Waals surface area contributed by atoms with Crippen molar-refractivity contribution < 1.29 is 48.2 Å². The fourth-order valence-electron chi connectivity index (χ4n) is 4.26. The molecule has 0 spiro atoms. The van der Waals surface area contributed by atoms with Crippen LogP contribution in [0.1, 0.15) is 45.1 Å². The zero-order valence-electron chi connectivity index (χ0n) is 25.0. The van der Waals surface area contributed by atoms with Crippen LogP contribution in [0.2, 0.25) is 0 Å². The van der Waals surface area contributed by atoms with Crippen LogP contribution in [0.25, 0.3) is 0 Å². The summed E-state index contributed by atoms with van der Waals surface area (Å²) in [5.74, 6) is -4.85. The van der Waals surface area contributed by atoms with Crippen molar-refractivity contribution in [3.05, 3.63) is 42.0 Å². The van der Waals surface area contributed by atoms with E-state index in [0.29, 0.717) is 17.7 Å². The number of ketones is 1. The smallest absolute Gasteiger partial charge is 0.407 e. The van der Waals surface area contributed by atoms with Gasteiger partial charge in [0.15, 0.2) is 5.78 Å². The molecule has 0 saturated heterocycles. The molecular formula is C29H38N6O10. The molecule has 1 aromatic carbocycles. The number of nitrogens with two attached hydrogens (primary N) is 1. The van der Waals surface area contributed by atoms with E-state index in [1.54, 1.807) is 38.1 Å². The van der Waals surface area contributed by atoms with E-state index in [1.165, 1.54) is 0 Å². The Balaban J connectivity index is 2.01. The van der Waals surface area contributed by atoms with Gasteiger partial charge in [0.25, 0.3) is 11.8 Å².